The van der Waals surface area contributed by atoms with E-state index in [4.69, 9.17) is 0 Å². The van der Waals surface area contributed by atoms with Crippen molar-refractivity contribution in [1.29, 1.82) is 0 Å². The lowest BCUT2D eigenvalue weighted by atomic mass is 10.2. The second kappa shape index (κ2) is 5.34. The van der Waals surface area contributed by atoms with E-state index in [1.807, 2.05) is 30.3 Å². The molecule has 0 atom stereocenters. The lowest BCUT2D eigenvalue weighted by Crippen LogP contribution is -2.28. The van der Waals surface area contributed by atoms with Crippen molar-refractivity contribution in [3.05, 3.63) is 41.2 Å². The van der Waals surface area contributed by atoms with E-state index in [0.717, 1.165) is 18.5 Å². The highest BCUT2D eigenvalue weighted by molar-refractivity contribution is 5.56. The number of anilines is 2. The average Bonchev–Trinajstić information content (AvgIpc) is 2.69. The fourth-order valence-corrected chi connectivity index (χ4v) is 1.57. The predicted molar refractivity (Wildman–Crippen MR) is 63.8 cm³/mol. The van der Waals surface area contributed by atoms with Gasteiger partial charge in [0.25, 0.3) is 0 Å². The highest BCUT2D eigenvalue weighted by atomic mass is 16.8. The van der Waals surface area contributed by atoms with E-state index in [0.29, 0.717) is 22.8 Å². The summed E-state index contributed by atoms with van der Waals surface area (Å²) in [6.45, 7) is 2.08. The van der Waals surface area contributed by atoms with Gasteiger partial charge in [-0.05, 0) is 23.5 Å². The normalized spacial score (nSPS) is 10.4. The first-order valence-electron chi connectivity index (χ1n) is 5.72. The molecule has 0 aliphatic heterocycles. The number of rotatable bonds is 5. The van der Waals surface area contributed by atoms with Crippen LogP contribution in [0.25, 0.3) is 0 Å². The zero-order valence-corrected chi connectivity index (χ0v) is 9.72. The van der Waals surface area contributed by atoms with Crippen LogP contribution in [0, 0.1) is 5.21 Å². The smallest absolute Gasteiger partial charge is 0.314 e. The highest BCUT2D eigenvalue weighted by Crippen LogP contribution is 2.17. The molecule has 2 rings (SSSR count). The minimum Gasteiger partial charge on any atom is -0.359 e. The van der Waals surface area contributed by atoms with E-state index in [2.05, 4.69) is 22.0 Å². The number of hydrogen-bond acceptors (Lipinski definition) is 4. The van der Waals surface area contributed by atoms with Crippen LogP contribution < -0.4 is 10.2 Å². The van der Waals surface area contributed by atoms with E-state index in [9.17, 15) is 5.21 Å². The Morgan fingerprint density at radius 2 is 2.12 bits per heavy atom. The van der Waals surface area contributed by atoms with Crippen molar-refractivity contribution in [2.45, 2.75) is 26.2 Å². The summed E-state index contributed by atoms with van der Waals surface area (Å²) in [6.07, 6.45) is 2.63. The van der Waals surface area contributed by atoms with Gasteiger partial charge in [-0.25, -0.2) is 0 Å². The van der Waals surface area contributed by atoms with Gasteiger partial charge < -0.3 is 10.5 Å². The lowest BCUT2D eigenvalue weighted by Gasteiger charge is -2.00. The molecule has 5 heteroatoms. The van der Waals surface area contributed by atoms with Crippen LogP contribution in [0.2, 0.25) is 0 Å². The summed E-state index contributed by atoms with van der Waals surface area (Å²) in [6, 6.07) is 9.58. The number of para-hydroxylation sites is 1. The molecule has 0 radical (unpaired) electrons. The van der Waals surface area contributed by atoms with Gasteiger partial charge in [-0.2, -0.15) is 0 Å². The molecule has 0 unspecified atom stereocenters. The molecule has 5 nitrogen and oxygen atoms in total. The van der Waals surface area contributed by atoms with Crippen molar-refractivity contribution in [1.82, 2.24) is 5.16 Å². The Labute approximate surface area is 99.6 Å². The van der Waals surface area contributed by atoms with Crippen molar-refractivity contribution in [2.75, 3.05) is 5.32 Å². The Bertz CT molecular complexity index is 468. The number of benzene rings is 1. The van der Waals surface area contributed by atoms with Crippen LogP contribution in [0.15, 0.2) is 35.0 Å². The molecule has 90 valence electrons. The van der Waals surface area contributed by atoms with Gasteiger partial charge in [-0.15, -0.1) is 0 Å². The molecule has 1 heterocycles. The molecular formula is C12H15N3O2. The maximum absolute atomic E-state index is 11.4. The molecule has 0 spiro atoms. The van der Waals surface area contributed by atoms with Gasteiger partial charge in [0.2, 0.25) is 5.69 Å². The molecule has 2 aromatic rings. The van der Waals surface area contributed by atoms with E-state index in [1.54, 1.807) is 0 Å². The van der Waals surface area contributed by atoms with Gasteiger partial charge >= 0.3 is 5.82 Å². The molecule has 0 saturated carbocycles. The van der Waals surface area contributed by atoms with E-state index >= 15 is 0 Å². The number of nitrogens with one attached hydrogen (secondary N) is 1. The minimum absolute atomic E-state index is 0.473. The summed E-state index contributed by atoms with van der Waals surface area (Å²) >= 11 is 0. The number of nitrogens with zero attached hydrogens (tertiary/aromatic N) is 2. The van der Waals surface area contributed by atoms with Crippen LogP contribution in [0.1, 0.15) is 25.5 Å². The first-order valence-corrected chi connectivity index (χ1v) is 5.72. The van der Waals surface area contributed by atoms with Gasteiger partial charge in [-0.1, -0.05) is 31.5 Å². The Balaban J connectivity index is 2.15. The molecular weight excluding hydrogens is 218 g/mol. The van der Waals surface area contributed by atoms with Gasteiger partial charge in [0.1, 0.15) is 0 Å². The van der Waals surface area contributed by atoms with Crippen LogP contribution in [-0.4, -0.2) is 5.16 Å². The monoisotopic (exact) mass is 233 g/mol. The molecule has 1 N–H and O–H groups in total. The summed E-state index contributed by atoms with van der Waals surface area (Å²) in [4.78, 5) is 0.473. The summed E-state index contributed by atoms with van der Waals surface area (Å²) < 4.78 is 4.61. The Morgan fingerprint density at radius 1 is 1.35 bits per heavy atom. The number of aromatic nitrogens is 2. The van der Waals surface area contributed by atoms with Gasteiger partial charge in [0.05, 0.1) is 5.16 Å². The fourth-order valence-electron chi connectivity index (χ4n) is 1.57. The van der Waals surface area contributed by atoms with E-state index in [-0.39, 0.29) is 0 Å². The third-order valence-electron chi connectivity index (χ3n) is 2.50. The zero-order chi connectivity index (χ0) is 12.1. The molecule has 1 aromatic heterocycles. The number of unbranched alkanes of at least 4 members (excludes halogenated alkanes) is 1. The van der Waals surface area contributed by atoms with Crippen molar-refractivity contribution < 1.29 is 9.53 Å². The fraction of sp³-hybridized carbons (Fsp3) is 0.333. The minimum atomic E-state index is 0.473. The third-order valence-corrected chi connectivity index (χ3v) is 2.50. The van der Waals surface area contributed by atoms with Crippen LogP contribution in [0.5, 0.6) is 0 Å². The van der Waals surface area contributed by atoms with Crippen molar-refractivity contribution in [2.24, 2.45) is 0 Å². The highest BCUT2D eigenvalue weighted by Gasteiger charge is 2.18. The van der Waals surface area contributed by atoms with E-state index < -0.39 is 0 Å². The molecule has 0 aliphatic carbocycles. The Hall–Kier alpha value is -2.04. The molecule has 0 amide bonds. The van der Waals surface area contributed by atoms with Crippen LogP contribution >= 0.6 is 0 Å². The maximum atomic E-state index is 11.4. The first-order chi connectivity index (χ1) is 8.31. The molecule has 0 fully saturated rings. The van der Waals surface area contributed by atoms with Gasteiger partial charge in [0, 0.05) is 12.1 Å². The Kier molecular flexibility index (Phi) is 3.59. The molecule has 0 aliphatic rings. The van der Waals surface area contributed by atoms with Crippen molar-refractivity contribution in [3.63, 3.8) is 0 Å². The third kappa shape index (κ3) is 2.75. The van der Waals surface area contributed by atoms with Gasteiger partial charge in [-0.3, -0.25) is 4.63 Å². The molecule has 0 bridgehead atoms. The quantitative estimate of drug-likeness (QED) is 0.805. The summed E-state index contributed by atoms with van der Waals surface area (Å²) in [5.41, 5.74) is 1.44. The zero-order valence-electron chi connectivity index (χ0n) is 9.72. The van der Waals surface area contributed by atoms with Gasteiger partial charge in [0.15, 0.2) is 0 Å². The lowest BCUT2D eigenvalue weighted by molar-refractivity contribution is -0.807. The van der Waals surface area contributed by atoms with Crippen molar-refractivity contribution >= 4 is 11.5 Å². The number of hydrogen-bond donors (Lipinski definition) is 1. The summed E-state index contributed by atoms with van der Waals surface area (Å²) in [5.74, 6) is 0.500. The molecule has 17 heavy (non-hydrogen) atoms. The second-order valence-corrected chi connectivity index (χ2v) is 3.82. The van der Waals surface area contributed by atoms with E-state index in [1.165, 1.54) is 0 Å². The topological polar surface area (TPSA) is 65.0 Å². The standard InChI is InChI=1S/C12H15N3O2/c1-2-3-9-11-12(14-17-15(11)16)13-10-7-5-4-6-8-10/h4-8H,2-3,9H2,1H3,(H,13,14). The van der Waals surface area contributed by atoms with Crippen LogP contribution in [0.3, 0.4) is 0 Å². The summed E-state index contributed by atoms with van der Waals surface area (Å²) in [7, 11) is 0. The summed E-state index contributed by atoms with van der Waals surface area (Å²) in [5, 5.41) is 18.2. The van der Waals surface area contributed by atoms with Crippen molar-refractivity contribution in [3.8, 4) is 0 Å². The molecule has 0 saturated heterocycles. The maximum Gasteiger partial charge on any atom is 0.314 e. The molecule has 1 aromatic carbocycles. The second-order valence-electron chi connectivity index (χ2n) is 3.82. The first kappa shape index (κ1) is 11.4. The van der Waals surface area contributed by atoms with Crippen LogP contribution in [0.4, 0.5) is 11.5 Å². The Morgan fingerprint density at radius 3 is 2.82 bits per heavy atom. The largest absolute Gasteiger partial charge is 0.359 e. The van der Waals surface area contributed by atoms with Crippen LogP contribution in [-0.2, 0) is 6.42 Å². The average molecular weight is 233 g/mol. The SMILES string of the molecule is CCCCc1c(Nc2ccccc2)no[n+]1[O-]. The predicted octanol–water partition coefficient (Wildman–Crippen LogP) is 2.39.